The zero-order valence-corrected chi connectivity index (χ0v) is 11.1. The molecular weight excluding hydrogens is 240 g/mol. The Morgan fingerprint density at radius 1 is 1.44 bits per heavy atom. The molecule has 1 aromatic rings. The molecule has 0 atom stereocenters. The van der Waals surface area contributed by atoms with Crippen molar-refractivity contribution in [2.75, 3.05) is 6.54 Å². The van der Waals surface area contributed by atoms with Crippen molar-refractivity contribution in [3.63, 3.8) is 0 Å². The van der Waals surface area contributed by atoms with Gasteiger partial charge in [0.2, 0.25) is 0 Å². The predicted molar refractivity (Wildman–Crippen MR) is 70.0 cm³/mol. The SMILES string of the molecule is Clc1cnc(CNCCCC2CCCC2)s1. The molecule has 2 nitrogen and oxygen atoms in total. The molecule has 1 saturated carbocycles. The largest absolute Gasteiger partial charge is 0.310 e. The van der Waals surface area contributed by atoms with Gasteiger partial charge in [0.15, 0.2) is 0 Å². The van der Waals surface area contributed by atoms with E-state index >= 15 is 0 Å². The minimum atomic E-state index is 0.780. The summed E-state index contributed by atoms with van der Waals surface area (Å²) in [6.45, 7) is 1.97. The van der Waals surface area contributed by atoms with E-state index in [4.69, 9.17) is 11.6 Å². The molecule has 0 saturated heterocycles. The van der Waals surface area contributed by atoms with Crippen molar-refractivity contribution in [3.8, 4) is 0 Å². The van der Waals surface area contributed by atoms with E-state index in [0.29, 0.717) is 0 Å². The van der Waals surface area contributed by atoms with Crippen LogP contribution in [-0.4, -0.2) is 11.5 Å². The van der Waals surface area contributed by atoms with Crippen LogP contribution in [0.4, 0.5) is 0 Å². The molecule has 0 radical (unpaired) electrons. The molecule has 0 unspecified atom stereocenters. The Labute approximate surface area is 106 Å². The van der Waals surface area contributed by atoms with Crippen LogP contribution in [0.3, 0.4) is 0 Å². The van der Waals surface area contributed by atoms with E-state index < -0.39 is 0 Å². The number of rotatable bonds is 6. The van der Waals surface area contributed by atoms with Gasteiger partial charge in [0.25, 0.3) is 0 Å². The summed E-state index contributed by atoms with van der Waals surface area (Å²) < 4.78 is 0.780. The van der Waals surface area contributed by atoms with E-state index in [-0.39, 0.29) is 0 Å². The highest BCUT2D eigenvalue weighted by Crippen LogP contribution is 2.28. The summed E-state index contributed by atoms with van der Waals surface area (Å²) >= 11 is 7.38. The first kappa shape index (κ1) is 12.3. The Bertz CT molecular complexity index is 308. The molecule has 1 aliphatic carbocycles. The molecule has 16 heavy (non-hydrogen) atoms. The summed E-state index contributed by atoms with van der Waals surface area (Å²) in [7, 11) is 0. The van der Waals surface area contributed by atoms with E-state index in [9.17, 15) is 0 Å². The average Bonchev–Trinajstić information content (AvgIpc) is 2.89. The molecule has 0 aliphatic heterocycles. The molecule has 1 heterocycles. The van der Waals surface area contributed by atoms with Crippen LogP contribution in [0.1, 0.15) is 43.5 Å². The third-order valence-corrected chi connectivity index (χ3v) is 4.36. The topological polar surface area (TPSA) is 24.9 Å². The molecule has 2 rings (SSSR count). The zero-order valence-electron chi connectivity index (χ0n) is 9.54. The summed E-state index contributed by atoms with van der Waals surface area (Å²) in [5.74, 6) is 1.01. The summed E-state index contributed by atoms with van der Waals surface area (Å²) in [5.41, 5.74) is 0. The third-order valence-electron chi connectivity index (χ3n) is 3.24. The van der Waals surface area contributed by atoms with Crippen LogP contribution in [0.25, 0.3) is 0 Å². The van der Waals surface area contributed by atoms with Gasteiger partial charge in [-0.3, -0.25) is 0 Å². The number of nitrogens with zero attached hydrogens (tertiary/aromatic N) is 1. The molecule has 1 aliphatic rings. The fourth-order valence-corrected chi connectivity index (χ4v) is 3.31. The highest BCUT2D eigenvalue weighted by atomic mass is 35.5. The van der Waals surface area contributed by atoms with Crippen LogP contribution in [0.15, 0.2) is 6.20 Å². The van der Waals surface area contributed by atoms with Gasteiger partial charge in [-0.05, 0) is 25.3 Å². The number of aromatic nitrogens is 1. The standard InChI is InChI=1S/C12H19ClN2S/c13-11-8-15-12(16-11)9-14-7-3-6-10-4-1-2-5-10/h8,10,14H,1-7,9H2. The number of hydrogen-bond donors (Lipinski definition) is 1. The lowest BCUT2D eigenvalue weighted by Crippen LogP contribution is -2.15. The molecule has 1 fully saturated rings. The van der Waals surface area contributed by atoms with Gasteiger partial charge in [-0.25, -0.2) is 4.98 Å². The van der Waals surface area contributed by atoms with Crippen molar-refractivity contribution in [1.29, 1.82) is 0 Å². The first-order valence-corrected chi connectivity index (χ1v) is 7.35. The van der Waals surface area contributed by atoms with Crippen LogP contribution in [-0.2, 0) is 6.54 Å². The molecule has 0 amide bonds. The lowest BCUT2D eigenvalue weighted by molar-refractivity contribution is 0.470. The van der Waals surface area contributed by atoms with Crippen molar-refractivity contribution >= 4 is 22.9 Å². The van der Waals surface area contributed by atoms with Crippen LogP contribution < -0.4 is 5.32 Å². The Balaban J connectivity index is 1.51. The van der Waals surface area contributed by atoms with Gasteiger partial charge in [0.1, 0.15) is 9.34 Å². The summed E-state index contributed by atoms with van der Waals surface area (Å²) in [5, 5.41) is 4.52. The first-order valence-electron chi connectivity index (χ1n) is 6.15. The number of halogens is 1. The average molecular weight is 259 g/mol. The van der Waals surface area contributed by atoms with Crippen molar-refractivity contribution in [2.45, 2.75) is 45.1 Å². The van der Waals surface area contributed by atoms with Gasteiger partial charge in [-0.15, -0.1) is 11.3 Å². The highest BCUT2D eigenvalue weighted by molar-refractivity contribution is 7.15. The van der Waals surface area contributed by atoms with E-state index in [1.807, 2.05) is 0 Å². The van der Waals surface area contributed by atoms with Gasteiger partial charge < -0.3 is 5.32 Å². The Hall–Kier alpha value is -0.120. The van der Waals surface area contributed by atoms with E-state index in [1.165, 1.54) is 38.5 Å². The van der Waals surface area contributed by atoms with Gasteiger partial charge in [0, 0.05) is 6.54 Å². The van der Waals surface area contributed by atoms with E-state index in [1.54, 1.807) is 17.5 Å². The number of hydrogen-bond acceptors (Lipinski definition) is 3. The predicted octanol–water partition coefficient (Wildman–Crippen LogP) is 3.86. The normalized spacial score (nSPS) is 17.1. The van der Waals surface area contributed by atoms with Crippen LogP contribution >= 0.6 is 22.9 Å². The van der Waals surface area contributed by atoms with Crippen LogP contribution in [0.2, 0.25) is 4.34 Å². The Morgan fingerprint density at radius 2 is 2.25 bits per heavy atom. The number of nitrogens with one attached hydrogen (secondary N) is 1. The minimum absolute atomic E-state index is 0.780. The van der Waals surface area contributed by atoms with Gasteiger partial charge >= 0.3 is 0 Å². The lowest BCUT2D eigenvalue weighted by atomic mass is 10.0. The van der Waals surface area contributed by atoms with Crippen LogP contribution in [0.5, 0.6) is 0 Å². The molecule has 0 spiro atoms. The highest BCUT2D eigenvalue weighted by Gasteiger charge is 2.13. The van der Waals surface area contributed by atoms with E-state index in [0.717, 1.165) is 28.4 Å². The smallest absolute Gasteiger partial charge is 0.113 e. The minimum Gasteiger partial charge on any atom is -0.310 e. The summed E-state index contributed by atoms with van der Waals surface area (Å²) in [6, 6.07) is 0. The molecule has 90 valence electrons. The maximum Gasteiger partial charge on any atom is 0.113 e. The number of thiazole rings is 1. The van der Waals surface area contributed by atoms with Crippen molar-refractivity contribution in [1.82, 2.24) is 10.3 Å². The molecule has 1 N–H and O–H groups in total. The van der Waals surface area contributed by atoms with Crippen molar-refractivity contribution in [2.24, 2.45) is 5.92 Å². The molecule has 0 aromatic carbocycles. The summed E-state index contributed by atoms with van der Waals surface area (Å²) in [4.78, 5) is 4.21. The molecular formula is C12H19ClN2S. The quantitative estimate of drug-likeness (QED) is 0.784. The van der Waals surface area contributed by atoms with Crippen molar-refractivity contribution < 1.29 is 0 Å². The maximum absolute atomic E-state index is 5.81. The second-order valence-corrected chi connectivity index (χ2v) is 6.27. The van der Waals surface area contributed by atoms with Crippen LogP contribution in [0, 0.1) is 5.92 Å². The van der Waals surface area contributed by atoms with E-state index in [2.05, 4.69) is 10.3 Å². The maximum atomic E-state index is 5.81. The molecule has 0 bridgehead atoms. The summed E-state index contributed by atoms with van der Waals surface area (Å²) in [6.07, 6.45) is 10.2. The fourth-order valence-electron chi connectivity index (χ4n) is 2.38. The Morgan fingerprint density at radius 3 is 2.94 bits per heavy atom. The van der Waals surface area contributed by atoms with Gasteiger partial charge in [-0.2, -0.15) is 0 Å². The lowest BCUT2D eigenvalue weighted by Gasteiger charge is -2.08. The second kappa shape index (κ2) is 6.58. The van der Waals surface area contributed by atoms with Crippen molar-refractivity contribution in [3.05, 3.63) is 15.5 Å². The molecule has 1 aromatic heterocycles. The molecule has 4 heteroatoms. The fraction of sp³-hybridized carbons (Fsp3) is 0.750. The zero-order chi connectivity index (χ0) is 11.2. The van der Waals surface area contributed by atoms with Gasteiger partial charge in [-0.1, -0.05) is 37.3 Å². The first-order chi connectivity index (χ1) is 7.84. The Kier molecular flexibility index (Phi) is 5.07. The monoisotopic (exact) mass is 258 g/mol. The second-order valence-electron chi connectivity index (χ2n) is 4.53. The third kappa shape index (κ3) is 4.04. The van der Waals surface area contributed by atoms with Gasteiger partial charge in [0.05, 0.1) is 6.20 Å².